The van der Waals surface area contributed by atoms with Gasteiger partial charge in [0, 0.05) is 23.5 Å². The van der Waals surface area contributed by atoms with E-state index in [1.165, 1.54) is 12.8 Å². The van der Waals surface area contributed by atoms with Crippen LogP contribution in [0.15, 0.2) is 0 Å². The highest BCUT2D eigenvalue weighted by atomic mass is 79.9. The van der Waals surface area contributed by atoms with Crippen molar-refractivity contribution in [2.75, 3.05) is 13.2 Å². The minimum absolute atomic E-state index is 0.346. The molecule has 1 saturated heterocycles. The van der Waals surface area contributed by atoms with E-state index in [2.05, 4.69) is 29.8 Å². The minimum Gasteiger partial charge on any atom is -0.381 e. The zero-order valence-corrected chi connectivity index (χ0v) is 11.3. The van der Waals surface area contributed by atoms with Gasteiger partial charge in [0.05, 0.1) is 12.2 Å². The van der Waals surface area contributed by atoms with Gasteiger partial charge < -0.3 is 9.47 Å². The summed E-state index contributed by atoms with van der Waals surface area (Å²) < 4.78 is 11.5. The van der Waals surface area contributed by atoms with E-state index < -0.39 is 0 Å². The van der Waals surface area contributed by atoms with Gasteiger partial charge in [-0.1, -0.05) is 29.8 Å². The van der Waals surface area contributed by atoms with Gasteiger partial charge in [0.1, 0.15) is 0 Å². The van der Waals surface area contributed by atoms with E-state index in [0.29, 0.717) is 22.5 Å². The van der Waals surface area contributed by atoms with Crippen molar-refractivity contribution in [1.82, 2.24) is 0 Å². The molecule has 1 aliphatic heterocycles. The second-order valence-electron chi connectivity index (χ2n) is 5.00. The summed E-state index contributed by atoms with van der Waals surface area (Å²) in [6.45, 7) is 6.34. The highest BCUT2D eigenvalue weighted by Gasteiger charge is 2.50. The first-order valence-electron chi connectivity index (χ1n) is 6.04. The van der Waals surface area contributed by atoms with Crippen molar-refractivity contribution in [3.05, 3.63) is 0 Å². The van der Waals surface area contributed by atoms with Gasteiger partial charge in [0.2, 0.25) is 0 Å². The molecule has 2 rings (SSSR count). The molecule has 2 fully saturated rings. The molecule has 15 heavy (non-hydrogen) atoms. The van der Waals surface area contributed by atoms with Gasteiger partial charge in [-0.15, -0.1) is 0 Å². The molecule has 3 heteroatoms. The SMILES string of the molecule is CCC1(C)C(Br)CC1OC1CCOCC1. The van der Waals surface area contributed by atoms with Crippen molar-refractivity contribution in [3.63, 3.8) is 0 Å². The van der Waals surface area contributed by atoms with Crippen molar-refractivity contribution in [3.8, 4) is 0 Å². The predicted octanol–water partition coefficient (Wildman–Crippen LogP) is 3.13. The molecule has 1 aliphatic carbocycles. The Kier molecular flexibility index (Phi) is 3.74. The third kappa shape index (κ3) is 2.25. The van der Waals surface area contributed by atoms with Crippen LogP contribution in [0, 0.1) is 5.41 Å². The van der Waals surface area contributed by atoms with Crippen LogP contribution in [0.25, 0.3) is 0 Å². The number of hydrogen-bond donors (Lipinski definition) is 0. The summed E-state index contributed by atoms with van der Waals surface area (Å²) in [6, 6.07) is 0. The molecule has 0 spiro atoms. The first-order valence-corrected chi connectivity index (χ1v) is 6.95. The fourth-order valence-corrected chi connectivity index (χ4v) is 3.43. The summed E-state index contributed by atoms with van der Waals surface area (Å²) >= 11 is 3.74. The largest absolute Gasteiger partial charge is 0.381 e. The Labute approximate surface area is 101 Å². The lowest BCUT2D eigenvalue weighted by atomic mass is 9.65. The third-order valence-electron chi connectivity index (χ3n) is 4.16. The maximum absolute atomic E-state index is 6.19. The molecule has 0 radical (unpaired) electrons. The Morgan fingerprint density at radius 2 is 2.07 bits per heavy atom. The van der Waals surface area contributed by atoms with Crippen molar-refractivity contribution >= 4 is 15.9 Å². The molecule has 0 N–H and O–H groups in total. The molecule has 0 bridgehead atoms. The summed E-state index contributed by atoms with van der Waals surface area (Å²) in [5, 5.41) is 0. The molecule has 3 unspecified atom stereocenters. The van der Waals surface area contributed by atoms with Crippen LogP contribution in [-0.4, -0.2) is 30.2 Å². The van der Waals surface area contributed by atoms with Crippen LogP contribution in [0.4, 0.5) is 0 Å². The molecule has 0 amide bonds. The number of halogens is 1. The molecule has 1 saturated carbocycles. The smallest absolute Gasteiger partial charge is 0.0653 e. The summed E-state index contributed by atoms with van der Waals surface area (Å²) in [4.78, 5) is 0.639. The van der Waals surface area contributed by atoms with Crippen LogP contribution in [0.3, 0.4) is 0 Å². The monoisotopic (exact) mass is 276 g/mol. The summed E-state index contributed by atoms with van der Waals surface area (Å²) in [6.07, 6.45) is 5.40. The molecule has 1 heterocycles. The second kappa shape index (κ2) is 4.72. The van der Waals surface area contributed by atoms with Gasteiger partial charge in [-0.3, -0.25) is 0 Å². The van der Waals surface area contributed by atoms with E-state index in [1.807, 2.05) is 0 Å². The first kappa shape index (κ1) is 11.9. The van der Waals surface area contributed by atoms with Crippen molar-refractivity contribution in [2.24, 2.45) is 5.41 Å². The lowest BCUT2D eigenvalue weighted by molar-refractivity contribution is -0.151. The van der Waals surface area contributed by atoms with Crippen molar-refractivity contribution < 1.29 is 9.47 Å². The van der Waals surface area contributed by atoms with Crippen LogP contribution in [0.1, 0.15) is 39.5 Å². The Morgan fingerprint density at radius 3 is 2.60 bits per heavy atom. The van der Waals surface area contributed by atoms with Crippen LogP contribution in [0.2, 0.25) is 0 Å². The first-order chi connectivity index (χ1) is 7.16. The highest BCUT2D eigenvalue weighted by molar-refractivity contribution is 9.09. The lowest BCUT2D eigenvalue weighted by Crippen LogP contribution is -2.54. The van der Waals surface area contributed by atoms with E-state index in [1.54, 1.807) is 0 Å². The Morgan fingerprint density at radius 1 is 1.40 bits per heavy atom. The quantitative estimate of drug-likeness (QED) is 0.738. The van der Waals surface area contributed by atoms with Crippen LogP contribution >= 0.6 is 15.9 Å². The van der Waals surface area contributed by atoms with Crippen molar-refractivity contribution in [2.45, 2.75) is 56.6 Å². The molecular formula is C12H21BrO2. The number of rotatable bonds is 3. The molecule has 2 aliphatic rings. The zero-order valence-electron chi connectivity index (χ0n) is 9.67. The van der Waals surface area contributed by atoms with E-state index in [0.717, 1.165) is 26.1 Å². The van der Waals surface area contributed by atoms with E-state index >= 15 is 0 Å². The maximum atomic E-state index is 6.19. The van der Waals surface area contributed by atoms with E-state index in [4.69, 9.17) is 9.47 Å². The summed E-state index contributed by atoms with van der Waals surface area (Å²) in [5.74, 6) is 0. The van der Waals surface area contributed by atoms with Crippen LogP contribution in [-0.2, 0) is 9.47 Å². The average molecular weight is 277 g/mol. The number of ether oxygens (including phenoxy) is 2. The van der Waals surface area contributed by atoms with Gasteiger partial charge in [-0.05, 0) is 25.7 Å². The fourth-order valence-electron chi connectivity index (χ4n) is 2.47. The maximum Gasteiger partial charge on any atom is 0.0653 e. The molecular weight excluding hydrogens is 256 g/mol. The third-order valence-corrected chi connectivity index (χ3v) is 5.58. The Bertz CT molecular complexity index is 216. The van der Waals surface area contributed by atoms with Gasteiger partial charge in [-0.2, -0.15) is 0 Å². The summed E-state index contributed by atoms with van der Waals surface area (Å²) in [7, 11) is 0. The Hall–Kier alpha value is 0.400. The number of hydrogen-bond acceptors (Lipinski definition) is 2. The normalized spacial score (nSPS) is 42.6. The van der Waals surface area contributed by atoms with Gasteiger partial charge in [0.15, 0.2) is 0 Å². The van der Waals surface area contributed by atoms with Crippen LogP contribution < -0.4 is 0 Å². The standard InChI is InChI=1S/C12H21BrO2/c1-3-12(2)10(13)8-11(12)15-9-4-6-14-7-5-9/h9-11H,3-8H2,1-2H3. The number of alkyl halides is 1. The lowest BCUT2D eigenvalue weighted by Gasteiger charge is -2.52. The zero-order chi connectivity index (χ0) is 10.9. The van der Waals surface area contributed by atoms with Gasteiger partial charge in [-0.25, -0.2) is 0 Å². The van der Waals surface area contributed by atoms with Gasteiger partial charge in [0.25, 0.3) is 0 Å². The molecule has 0 aromatic heterocycles. The van der Waals surface area contributed by atoms with E-state index in [9.17, 15) is 0 Å². The molecule has 2 nitrogen and oxygen atoms in total. The molecule has 88 valence electrons. The molecule has 0 aromatic carbocycles. The fraction of sp³-hybridized carbons (Fsp3) is 1.00. The van der Waals surface area contributed by atoms with E-state index in [-0.39, 0.29) is 0 Å². The van der Waals surface area contributed by atoms with Crippen LogP contribution in [0.5, 0.6) is 0 Å². The van der Waals surface area contributed by atoms with Crippen molar-refractivity contribution in [1.29, 1.82) is 0 Å². The minimum atomic E-state index is 0.346. The predicted molar refractivity (Wildman–Crippen MR) is 64.4 cm³/mol. The summed E-state index contributed by atoms with van der Waals surface area (Å²) in [5.41, 5.74) is 0.346. The second-order valence-corrected chi connectivity index (χ2v) is 6.10. The molecule has 0 aromatic rings. The Balaban J connectivity index is 1.84. The topological polar surface area (TPSA) is 18.5 Å². The average Bonchev–Trinajstić information content (AvgIpc) is 2.29. The molecule has 3 atom stereocenters. The highest BCUT2D eigenvalue weighted by Crippen LogP contribution is 2.50. The van der Waals surface area contributed by atoms with Gasteiger partial charge >= 0.3 is 0 Å².